The number of benzene rings is 2. The Morgan fingerprint density at radius 1 is 1.10 bits per heavy atom. The minimum absolute atomic E-state index is 0.118. The van der Waals surface area contributed by atoms with Gasteiger partial charge in [0.2, 0.25) is 0 Å². The molecule has 0 aliphatic rings. The summed E-state index contributed by atoms with van der Waals surface area (Å²) in [7, 11) is -1.71. The van der Waals surface area contributed by atoms with Gasteiger partial charge in [-0.15, -0.1) is 0 Å². The first-order chi connectivity index (χ1) is 9.63. The molecule has 0 radical (unpaired) electrons. The zero-order chi connectivity index (χ0) is 14.5. The average molecular weight is 267 g/mol. The second kappa shape index (κ2) is 6.02. The van der Waals surface area contributed by atoms with E-state index in [1.54, 1.807) is 24.3 Å². The van der Waals surface area contributed by atoms with Gasteiger partial charge in [0, 0.05) is 5.56 Å². The fourth-order valence-electron chi connectivity index (χ4n) is 1.69. The van der Waals surface area contributed by atoms with E-state index in [-0.39, 0.29) is 11.0 Å². The molecular weight excluding hydrogens is 257 g/mol. The van der Waals surface area contributed by atoms with Crippen LogP contribution in [0.15, 0.2) is 42.5 Å². The van der Waals surface area contributed by atoms with Crippen LogP contribution in [0.1, 0.15) is 15.9 Å². The van der Waals surface area contributed by atoms with Crippen LogP contribution in [0.3, 0.4) is 0 Å². The molecule has 0 unspecified atom stereocenters. The maximum atomic E-state index is 10.9. The Balaban J connectivity index is 2.25. The molecule has 98 valence electrons. The van der Waals surface area contributed by atoms with Gasteiger partial charge in [0.1, 0.15) is 17.8 Å². The Bertz CT molecular complexity index is 662. The molecule has 0 atom stereocenters. The van der Waals surface area contributed by atoms with E-state index in [4.69, 9.17) is 20.0 Å². The smallest absolute Gasteiger partial charge is 0.457 e. The third-order valence-corrected chi connectivity index (χ3v) is 2.68. The maximum absolute atomic E-state index is 10.9. The van der Waals surface area contributed by atoms with Crippen molar-refractivity contribution in [2.75, 3.05) is 0 Å². The highest BCUT2D eigenvalue weighted by atomic mass is 16.5. The van der Waals surface area contributed by atoms with Crippen LogP contribution in [0.5, 0.6) is 11.5 Å². The summed E-state index contributed by atoms with van der Waals surface area (Å²) in [4.78, 5) is 10.9. The van der Waals surface area contributed by atoms with Crippen molar-refractivity contribution in [2.24, 2.45) is 0 Å². The predicted octanol–water partition coefficient (Wildman–Crippen LogP) is 0.843. The van der Waals surface area contributed by atoms with Crippen LogP contribution in [0.25, 0.3) is 0 Å². The highest BCUT2D eigenvalue weighted by Gasteiger charge is 2.16. The highest BCUT2D eigenvalue weighted by molar-refractivity contribution is 6.60. The monoisotopic (exact) mass is 267 g/mol. The Morgan fingerprint density at radius 2 is 1.75 bits per heavy atom. The number of carbonyl (C=O) groups excluding carboxylic acids is 1. The minimum Gasteiger partial charge on any atom is -0.457 e. The lowest BCUT2D eigenvalue weighted by atomic mass is 9.77. The molecule has 0 fully saturated rings. The predicted molar refractivity (Wildman–Crippen MR) is 72.9 cm³/mol. The topological polar surface area (TPSA) is 90.6 Å². The molecule has 0 aliphatic heterocycles. The molecule has 2 N–H and O–H groups in total. The van der Waals surface area contributed by atoms with E-state index in [9.17, 15) is 4.79 Å². The van der Waals surface area contributed by atoms with E-state index in [2.05, 4.69) is 0 Å². The fraction of sp³-hybridized carbons (Fsp3) is 0. The first kappa shape index (κ1) is 13.8. The highest BCUT2D eigenvalue weighted by Crippen LogP contribution is 2.21. The van der Waals surface area contributed by atoms with Crippen molar-refractivity contribution in [1.82, 2.24) is 0 Å². The second-order valence-corrected chi connectivity index (χ2v) is 4.02. The molecule has 0 saturated heterocycles. The number of hydrogen-bond acceptors (Lipinski definition) is 5. The van der Waals surface area contributed by atoms with E-state index in [0.717, 1.165) is 0 Å². The molecule has 2 aromatic rings. The van der Waals surface area contributed by atoms with Gasteiger partial charge in [-0.05, 0) is 41.9 Å². The van der Waals surface area contributed by atoms with E-state index < -0.39 is 7.12 Å². The normalized spacial score (nSPS) is 9.65. The Kier molecular flexibility index (Phi) is 4.16. The molecule has 6 heteroatoms. The van der Waals surface area contributed by atoms with Crippen molar-refractivity contribution in [1.29, 1.82) is 5.26 Å². The zero-order valence-corrected chi connectivity index (χ0v) is 10.4. The number of nitriles is 1. The molecule has 0 amide bonds. The molecule has 2 aromatic carbocycles. The van der Waals surface area contributed by atoms with Gasteiger partial charge < -0.3 is 14.8 Å². The summed E-state index contributed by atoms with van der Waals surface area (Å²) in [5.41, 5.74) is 0.781. The van der Waals surface area contributed by atoms with Crippen molar-refractivity contribution in [3.05, 3.63) is 53.6 Å². The Labute approximate surface area is 115 Å². The Morgan fingerprint density at radius 3 is 2.30 bits per heavy atom. The van der Waals surface area contributed by atoms with Crippen molar-refractivity contribution < 1.29 is 19.6 Å². The summed E-state index contributed by atoms with van der Waals surface area (Å²) < 4.78 is 5.52. The molecule has 0 aliphatic carbocycles. The van der Waals surface area contributed by atoms with Crippen LogP contribution in [-0.4, -0.2) is 23.5 Å². The molecule has 20 heavy (non-hydrogen) atoms. The summed E-state index contributed by atoms with van der Waals surface area (Å²) in [6.07, 6.45) is 0.528. The van der Waals surface area contributed by atoms with Crippen molar-refractivity contribution in [2.45, 2.75) is 0 Å². The second-order valence-electron chi connectivity index (χ2n) is 4.02. The van der Waals surface area contributed by atoms with E-state index >= 15 is 0 Å². The third kappa shape index (κ3) is 3.04. The first-order valence-corrected chi connectivity index (χ1v) is 5.77. The largest absolute Gasteiger partial charge is 0.489 e. The number of ether oxygens (including phenoxy) is 1. The Hall–Kier alpha value is -2.62. The fourth-order valence-corrected chi connectivity index (χ4v) is 1.69. The summed E-state index contributed by atoms with van der Waals surface area (Å²) in [6, 6.07) is 12.8. The van der Waals surface area contributed by atoms with Gasteiger partial charge in [0.25, 0.3) is 0 Å². The molecule has 0 spiro atoms. The summed E-state index contributed by atoms with van der Waals surface area (Å²) in [5, 5.41) is 26.9. The van der Waals surface area contributed by atoms with Gasteiger partial charge in [-0.2, -0.15) is 5.26 Å². The van der Waals surface area contributed by atoms with E-state index in [1.807, 2.05) is 6.07 Å². The number of aldehydes is 1. The number of carbonyl (C=O) groups is 1. The zero-order valence-electron chi connectivity index (χ0n) is 10.4. The van der Waals surface area contributed by atoms with Gasteiger partial charge >= 0.3 is 7.12 Å². The SMILES string of the molecule is N#Cc1ccc(Oc2ccc(B(O)O)c(C=O)c2)cc1. The van der Waals surface area contributed by atoms with Crippen LogP contribution in [0.2, 0.25) is 0 Å². The number of hydrogen-bond donors (Lipinski definition) is 2. The van der Waals surface area contributed by atoms with Crippen LogP contribution in [0, 0.1) is 11.3 Å². The average Bonchev–Trinajstić information content (AvgIpc) is 2.47. The lowest BCUT2D eigenvalue weighted by molar-refractivity contribution is 0.112. The minimum atomic E-state index is -1.71. The molecule has 2 rings (SSSR count). The molecule has 0 saturated carbocycles. The van der Waals surface area contributed by atoms with Gasteiger partial charge in [-0.3, -0.25) is 4.79 Å². The number of rotatable bonds is 4. The first-order valence-electron chi connectivity index (χ1n) is 5.77. The molecule has 0 aromatic heterocycles. The maximum Gasteiger partial charge on any atom is 0.489 e. The molecule has 0 bridgehead atoms. The van der Waals surface area contributed by atoms with Crippen molar-refractivity contribution in [3.63, 3.8) is 0 Å². The quantitative estimate of drug-likeness (QED) is 0.632. The van der Waals surface area contributed by atoms with Crippen molar-refractivity contribution in [3.8, 4) is 17.6 Å². The molecule has 5 nitrogen and oxygen atoms in total. The standard InChI is InChI=1S/C14H10BNO4/c16-8-10-1-3-12(4-2-10)20-13-5-6-14(15(18)19)11(7-13)9-17/h1-7,9,18-19H. The van der Waals surface area contributed by atoms with Gasteiger partial charge in [-0.25, -0.2) is 0 Å². The van der Waals surface area contributed by atoms with Gasteiger partial charge in [-0.1, -0.05) is 6.07 Å². The van der Waals surface area contributed by atoms with Crippen LogP contribution >= 0.6 is 0 Å². The molecular formula is C14H10BNO4. The number of nitrogens with zero attached hydrogens (tertiary/aromatic N) is 1. The van der Waals surface area contributed by atoms with Gasteiger partial charge in [0.15, 0.2) is 0 Å². The van der Waals surface area contributed by atoms with E-state index in [0.29, 0.717) is 23.3 Å². The summed E-state index contributed by atoms with van der Waals surface area (Å²) in [6.45, 7) is 0. The van der Waals surface area contributed by atoms with Crippen LogP contribution < -0.4 is 10.2 Å². The summed E-state index contributed by atoms with van der Waals surface area (Å²) in [5.74, 6) is 0.902. The van der Waals surface area contributed by atoms with Crippen LogP contribution in [0.4, 0.5) is 0 Å². The van der Waals surface area contributed by atoms with Crippen LogP contribution in [-0.2, 0) is 0 Å². The lowest BCUT2D eigenvalue weighted by Gasteiger charge is -2.09. The lowest BCUT2D eigenvalue weighted by Crippen LogP contribution is -2.32. The molecule has 0 heterocycles. The van der Waals surface area contributed by atoms with Crippen molar-refractivity contribution >= 4 is 18.9 Å². The third-order valence-electron chi connectivity index (χ3n) is 2.68. The van der Waals surface area contributed by atoms with Gasteiger partial charge in [0.05, 0.1) is 11.6 Å². The van der Waals surface area contributed by atoms with E-state index in [1.165, 1.54) is 18.2 Å². The summed E-state index contributed by atoms with van der Waals surface area (Å²) >= 11 is 0.